The van der Waals surface area contributed by atoms with E-state index in [0.717, 1.165) is 23.9 Å². The first kappa shape index (κ1) is 13.0. The van der Waals surface area contributed by atoms with E-state index in [1.54, 1.807) is 18.0 Å². The lowest BCUT2D eigenvalue weighted by Crippen LogP contribution is -2.08. The molecule has 5 nitrogen and oxygen atoms in total. The predicted octanol–water partition coefficient (Wildman–Crippen LogP) is 2.06. The fraction of sp³-hybridized carbons (Fsp3) is 0.500. The number of aromatic nitrogens is 5. The third-order valence-corrected chi connectivity index (χ3v) is 3.34. The van der Waals surface area contributed by atoms with Crippen molar-refractivity contribution in [2.24, 2.45) is 5.92 Å². The van der Waals surface area contributed by atoms with Gasteiger partial charge in [0.05, 0.1) is 0 Å². The number of thioether (sulfide) groups is 1. The molecule has 0 amide bonds. The van der Waals surface area contributed by atoms with Crippen molar-refractivity contribution in [2.75, 3.05) is 5.75 Å². The molecule has 18 heavy (non-hydrogen) atoms. The third-order valence-electron chi connectivity index (χ3n) is 2.38. The van der Waals surface area contributed by atoms with Crippen LogP contribution >= 0.6 is 11.8 Å². The van der Waals surface area contributed by atoms with Crippen LogP contribution in [0, 0.1) is 5.92 Å². The summed E-state index contributed by atoms with van der Waals surface area (Å²) in [6, 6.07) is 4.05. The van der Waals surface area contributed by atoms with Crippen LogP contribution in [-0.4, -0.2) is 30.9 Å². The van der Waals surface area contributed by atoms with Gasteiger partial charge in [-0.2, -0.15) is 0 Å². The van der Waals surface area contributed by atoms with Gasteiger partial charge in [0.15, 0.2) is 0 Å². The van der Waals surface area contributed by atoms with E-state index < -0.39 is 0 Å². The van der Waals surface area contributed by atoms with Crippen molar-refractivity contribution in [3.8, 4) is 0 Å². The zero-order valence-electron chi connectivity index (χ0n) is 10.7. The minimum absolute atomic E-state index is 0.547. The van der Waals surface area contributed by atoms with E-state index in [9.17, 15) is 0 Å². The molecular weight excluding hydrogens is 246 g/mol. The minimum atomic E-state index is 0.547. The largest absolute Gasteiger partial charge is 0.264 e. The van der Waals surface area contributed by atoms with E-state index >= 15 is 0 Å². The lowest BCUT2D eigenvalue weighted by molar-refractivity contribution is 0.446. The topological polar surface area (TPSA) is 56.5 Å². The molecule has 0 saturated heterocycles. The summed E-state index contributed by atoms with van der Waals surface area (Å²) in [4.78, 5) is 4.10. The van der Waals surface area contributed by atoms with Crippen LogP contribution in [0.25, 0.3) is 0 Å². The maximum atomic E-state index is 4.10. The summed E-state index contributed by atoms with van der Waals surface area (Å²) in [5.74, 6) is 1.51. The first-order valence-electron chi connectivity index (χ1n) is 6.03. The Kier molecular flexibility index (Phi) is 4.69. The Labute approximate surface area is 111 Å². The Bertz CT molecular complexity index is 468. The van der Waals surface area contributed by atoms with Crippen molar-refractivity contribution in [2.45, 2.75) is 32.0 Å². The second-order valence-electron chi connectivity index (χ2n) is 4.50. The number of nitrogens with zero attached hydrogens (tertiary/aromatic N) is 5. The first-order chi connectivity index (χ1) is 8.75. The second kappa shape index (κ2) is 6.49. The fourth-order valence-corrected chi connectivity index (χ4v) is 2.44. The van der Waals surface area contributed by atoms with Gasteiger partial charge in [0.2, 0.25) is 5.16 Å². The zero-order chi connectivity index (χ0) is 12.8. The summed E-state index contributed by atoms with van der Waals surface area (Å²) < 4.78 is 1.87. The molecule has 0 spiro atoms. The van der Waals surface area contributed by atoms with Gasteiger partial charge in [-0.3, -0.25) is 4.98 Å². The Morgan fingerprint density at radius 2 is 2.28 bits per heavy atom. The standard InChI is InChI=1S/C12H17N5S/c1-10(2)9-17-12(14-15-16-17)18-7-5-11-4-3-6-13-8-11/h3-4,6,8,10H,5,7,9H2,1-2H3. The molecule has 2 rings (SSSR count). The Morgan fingerprint density at radius 3 is 3.00 bits per heavy atom. The van der Waals surface area contributed by atoms with E-state index in [2.05, 4.69) is 40.4 Å². The Morgan fingerprint density at radius 1 is 1.39 bits per heavy atom. The van der Waals surface area contributed by atoms with Gasteiger partial charge in [-0.25, -0.2) is 4.68 Å². The maximum absolute atomic E-state index is 4.10. The van der Waals surface area contributed by atoms with Crippen LogP contribution < -0.4 is 0 Å². The van der Waals surface area contributed by atoms with E-state index in [4.69, 9.17) is 0 Å². The third kappa shape index (κ3) is 3.80. The van der Waals surface area contributed by atoms with Gasteiger partial charge < -0.3 is 0 Å². The molecule has 0 radical (unpaired) electrons. The SMILES string of the molecule is CC(C)Cn1nnnc1SCCc1cccnc1. The Balaban J connectivity index is 1.85. The van der Waals surface area contributed by atoms with Gasteiger partial charge >= 0.3 is 0 Å². The van der Waals surface area contributed by atoms with Crippen LogP contribution in [0.15, 0.2) is 29.7 Å². The fourth-order valence-electron chi connectivity index (χ4n) is 1.57. The van der Waals surface area contributed by atoms with Crippen molar-refractivity contribution in [3.63, 3.8) is 0 Å². The number of pyridine rings is 1. The average molecular weight is 263 g/mol. The molecule has 0 aliphatic heterocycles. The molecule has 0 N–H and O–H groups in total. The second-order valence-corrected chi connectivity index (χ2v) is 5.56. The molecule has 0 aliphatic carbocycles. The normalized spacial score (nSPS) is 11.1. The van der Waals surface area contributed by atoms with Crippen LogP contribution in [0.1, 0.15) is 19.4 Å². The smallest absolute Gasteiger partial charge is 0.209 e. The molecule has 0 saturated carbocycles. The number of rotatable bonds is 6. The molecule has 96 valence electrons. The quantitative estimate of drug-likeness (QED) is 0.747. The minimum Gasteiger partial charge on any atom is -0.264 e. The van der Waals surface area contributed by atoms with E-state index in [0.29, 0.717) is 5.92 Å². The zero-order valence-corrected chi connectivity index (χ0v) is 11.5. The van der Waals surface area contributed by atoms with E-state index in [-0.39, 0.29) is 0 Å². The highest BCUT2D eigenvalue weighted by Gasteiger charge is 2.07. The molecule has 0 atom stereocenters. The van der Waals surface area contributed by atoms with E-state index in [1.165, 1.54) is 5.56 Å². The Hall–Kier alpha value is -1.43. The van der Waals surface area contributed by atoms with Gasteiger partial charge in [0.25, 0.3) is 0 Å². The van der Waals surface area contributed by atoms with Crippen molar-refractivity contribution < 1.29 is 0 Å². The highest BCUT2D eigenvalue weighted by atomic mass is 32.2. The van der Waals surface area contributed by atoms with Gasteiger partial charge in [-0.1, -0.05) is 31.7 Å². The van der Waals surface area contributed by atoms with Gasteiger partial charge in [-0.05, 0) is 34.4 Å². The van der Waals surface area contributed by atoms with Gasteiger partial charge in [0, 0.05) is 24.7 Å². The summed E-state index contributed by atoms with van der Waals surface area (Å²) >= 11 is 1.69. The van der Waals surface area contributed by atoms with Crippen LogP contribution in [0.2, 0.25) is 0 Å². The average Bonchev–Trinajstić information content (AvgIpc) is 2.77. The summed E-state index contributed by atoms with van der Waals surface area (Å²) in [6.45, 7) is 5.18. The van der Waals surface area contributed by atoms with Gasteiger partial charge in [0.1, 0.15) is 0 Å². The summed E-state index contributed by atoms with van der Waals surface area (Å²) in [7, 11) is 0. The maximum Gasteiger partial charge on any atom is 0.209 e. The highest BCUT2D eigenvalue weighted by Crippen LogP contribution is 2.16. The number of aryl methyl sites for hydroxylation is 1. The van der Waals surface area contributed by atoms with Crippen LogP contribution in [0.4, 0.5) is 0 Å². The molecular formula is C12H17N5S. The predicted molar refractivity (Wildman–Crippen MR) is 71.3 cm³/mol. The monoisotopic (exact) mass is 263 g/mol. The van der Waals surface area contributed by atoms with Crippen molar-refractivity contribution >= 4 is 11.8 Å². The molecule has 6 heteroatoms. The molecule has 0 fully saturated rings. The summed E-state index contributed by atoms with van der Waals surface area (Å²) in [6.07, 6.45) is 4.67. The number of hydrogen-bond acceptors (Lipinski definition) is 5. The van der Waals surface area contributed by atoms with E-state index in [1.807, 2.05) is 16.9 Å². The molecule has 2 aromatic rings. The molecule has 2 aromatic heterocycles. The molecule has 2 heterocycles. The lowest BCUT2D eigenvalue weighted by atomic mass is 10.2. The molecule has 0 unspecified atom stereocenters. The number of hydrogen-bond donors (Lipinski definition) is 0. The highest BCUT2D eigenvalue weighted by molar-refractivity contribution is 7.99. The van der Waals surface area contributed by atoms with Crippen molar-refractivity contribution in [1.82, 2.24) is 25.2 Å². The van der Waals surface area contributed by atoms with Crippen LogP contribution in [-0.2, 0) is 13.0 Å². The lowest BCUT2D eigenvalue weighted by Gasteiger charge is -2.06. The molecule has 0 aliphatic rings. The van der Waals surface area contributed by atoms with Crippen molar-refractivity contribution in [3.05, 3.63) is 30.1 Å². The van der Waals surface area contributed by atoms with Crippen molar-refractivity contribution in [1.29, 1.82) is 0 Å². The summed E-state index contributed by atoms with van der Waals surface area (Å²) in [5.41, 5.74) is 1.24. The van der Waals surface area contributed by atoms with Gasteiger partial charge in [-0.15, -0.1) is 5.10 Å². The first-order valence-corrected chi connectivity index (χ1v) is 7.02. The molecule has 0 bridgehead atoms. The summed E-state index contributed by atoms with van der Waals surface area (Å²) in [5, 5.41) is 12.7. The van der Waals surface area contributed by atoms with Crippen LogP contribution in [0.5, 0.6) is 0 Å². The van der Waals surface area contributed by atoms with Crippen LogP contribution in [0.3, 0.4) is 0 Å². The molecule has 0 aromatic carbocycles. The number of tetrazole rings is 1.